The minimum atomic E-state index is -0.547. The van der Waals surface area contributed by atoms with Crippen LogP contribution in [0.15, 0.2) is 9.59 Å². The normalized spacial score (nSPS) is 24.5. The number of imidazole rings is 1. The van der Waals surface area contributed by atoms with Crippen LogP contribution in [-0.4, -0.2) is 38.5 Å². The number of hydrogen-bond acceptors (Lipinski definition) is 5. The summed E-state index contributed by atoms with van der Waals surface area (Å²) in [5, 5.41) is 0. The average molecular weight is 362 g/mol. The smallest absolute Gasteiger partial charge is 0.330 e. The van der Waals surface area contributed by atoms with Crippen molar-refractivity contribution in [3.63, 3.8) is 0 Å². The van der Waals surface area contributed by atoms with E-state index in [-0.39, 0.29) is 11.3 Å². The quantitative estimate of drug-likeness (QED) is 0.868. The van der Waals surface area contributed by atoms with Crippen molar-refractivity contribution in [2.45, 2.75) is 64.7 Å². The molecule has 4 rings (SSSR count). The van der Waals surface area contributed by atoms with Gasteiger partial charge in [0.2, 0.25) is 0 Å². The van der Waals surface area contributed by atoms with Crippen molar-refractivity contribution >= 4 is 11.2 Å². The van der Waals surface area contributed by atoms with E-state index in [1.165, 1.54) is 4.57 Å². The van der Waals surface area contributed by atoms with Crippen molar-refractivity contribution in [3.05, 3.63) is 26.7 Å². The van der Waals surface area contributed by atoms with Crippen molar-refractivity contribution in [3.8, 4) is 0 Å². The number of aromatic nitrogens is 4. The molecular weight excluding hydrogens is 336 g/mol. The SMILES string of the molecule is CCCn1c(=O)[nH]c(=O)c2[nH]c(C3CCC4(C3)OCC(C)(C)CO4)nc21. The fourth-order valence-corrected chi connectivity index (χ4v) is 3.89. The summed E-state index contributed by atoms with van der Waals surface area (Å²) in [4.78, 5) is 34.4. The van der Waals surface area contributed by atoms with Crippen molar-refractivity contribution in [2.24, 2.45) is 5.41 Å². The fourth-order valence-electron chi connectivity index (χ4n) is 3.89. The molecule has 3 heterocycles. The first kappa shape index (κ1) is 17.5. The lowest BCUT2D eigenvalue weighted by atomic mass is 9.94. The molecule has 1 atom stereocenters. The minimum absolute atomic E-state index is 0.0339. The first-order chi connectivity index (χ1) is 12.3. The zero-order chi connectivity index (χ0) is 18.5. The molecule has 142 valence electrons. The van der Waals surface area contributed by atoms with Gasteiger partial charge in [0.15, 0.2) is 11.4 Å². The van der Waals surface area contributed by atoms with Crippen LogP contribution in [0.5, 0.6) is 0 Å². The maximum Gasteiger partial charge on any atom is 0.330 e. The Morgan fingerprint density at radius 1 is 1.23 bits per heavy atom. The molecule has 2 N–H and O–H groups in total. The molecule has 2 fully saturated rings. The van der Waals surface area contributed by atoms with Crippen molar-refractivity contribution in [1.29, 1.82) is 0 Å². The molecule has 1 aliphatic carbocycles. The highest BCUT2D eigenvalue weighted by atomic mass is 16.7. The summed E-state index contributed by atoms with van der Waals surface area (Å²) in [5.41, 5.74) is -0.00219. The zero-order valence-electron chi connectivity index (χ0n) is 15.6. The number of nitrogens with one attached hydrogen (secondary N) is 2. The van der Waals surface area contributed by atoms with E-state index >= 15 is 0 Å². The summed E-state index contributed by atoms with van der Waals surface area (Å²) < 4.78 is 13.7. The lowest BCUT2D eigenvalue weighted by Gasteiger charge is -2.41. The molecule has 8 nitrogen and oxygen atoms in total. The summed E-state index contributed by atoms with van der Waals surface area (Å²) >= 11 is 0. The summed E-state index contributed by atoms with van der Waals surface area (Å²) in [6, 6.07) is 0. The summed E-state index contributed by atoms with van der Waals surface area (Å²) in [6.45, 7) is 8.12. The van der Waals surface area contributed by atoms with Crippen LogP contribution in [0.4, 0.5) is 0 Å². The number of aryl methyl sites for hydroxylation is 1. The number of rotatable bonds is 3. The van der Waals surface area contributed by atoms with E-state index in [4.69, 9.17) is 9.47 Å². The topological polar surface area (TPSA) is 102 Å². The second-order valence-corrected chi connectivity index (χ2v) is 8.32. The van der Waals surface area contributed by atoms with Crippen LogP contribution in [0.3, 0.4) is 0 Å². The zero-order valence-corrected chi connectivity index (χ0v) is 15.6. The second-order valence-electron chi connectivity index (χ2n) is 8.32. The largest absolute Gasteiger partial charge is 0.349 e. The Bertz CT molecular complexity index is 929. The van der Waals surface area contributed by atoms with E-state index < -0.39 is 17.0 Å². The number of fused-ring (bicyclic) bond motifs is 1. The van der Waals surface area contributed by atoms with E-state index in [0.717, 1.165) is 25.1 Å². The van der Waals surface area contributed by atoms with Gasteiger partial charge in [-0.1, -0.05) is 20.8 Å². The van der Waals surface area contributed by atoms with Gasteiger partial charge < -0.3 is 14.5 Å². The van der Waals surface area contributed by atoms with E-state index in [2.05, 4.69) is 28.8 Å². The van der Waals surface area contributed by atoms with Gasteiger partial charge in [0, 0.05) is 30.7 Å². The lowest BCUT2D eigenvalue weighted by Crippen LogP contribution is -2.45. The number of H-pyrrole nitrogens is 2. The van der Waals surface area contributed by atoms with E-state index in [0.29, 0.717) is 37.3 Å². The van der Waals surface area contributed by atoms with Gasteiger partial charge in [0.1, 0.15) is 11.3 Å². The van der Waals surface area contributed by atoms with Crippen LogP contribution < -0.4 is 11.2 Å². The third-order valence-corrected chi connectivity index (χ3v) is 5.37. The molecule has 26 heavy (non-hydrogen) atoms. The van der Waals surface area contributed by atoms with Gasteiger partial charge in [0.05, 0.1) is 13.2 Å². The number of hydrogen-bond donors (Lipinski definition) is 2. The molecule has 0 bridgehead atoms. The first-order valence-corrected chi connectivity index (χ1v) is 9.33. The van der Waals surface area contributed by atoms with Crippen LogP contribution in [0.2, 0.25) is 0 Å². The Labute approximate surface area is 150 Å². The van der Waals surface area contributed by atoms with E-state index in [1.807, 2.05) is 6.92 Å². The maximum absolute atomic E-state index is 12.2. The summed E-state index contributed by atoms with van der Waals surface area (Å²) in [7, 11) is 0. The fraction of sp³-hybridized carbons (Fsp3) is 0.722. The molecule has 2 aromatic rings. The van der Waals surface area contributed by atoms with Gasteiger partial charge in [-0.2, -0.15) is 0 Å². The molecule has 2 aromatic heterocycles. The monoisotopic (exact) mass is 362 g/mol. The molecule has 0 aromatic carbocycles. The van der Waals surface area contributed by atoms with Gasteiger partial charge in [-0.15, -0.1) is 0 Å². The van der Waals surface area contributed by atoms with Gasteiger partial charge in [-0.05, 0) is 12.8 Å². The summed E-state index contributed by atoms with van der Waals surface area (Å²) in [5.74, 6) is 0.303. The highest BCUT2D eigenvalue weighted by Gasteiger charge is 2.47. The molecule has 2 aliphatic rings. The molecule has 1 aliphatic heterocycles. The Morgan fingerprint density at radius 2 is 1.96 bits per heavy atom. The molecule has 1 saturated carbocycles. The van der Waals surface area contributed by atoms with E-state index in [9.17, 15) is 9.59 Å². The van der Waals surface area contributed by atoms with Crippen LogP contribution in [0, 0.1) is 5.41 Å². The predicted molar refractivity (Wildman–Crippen MR) is 96.3 cm³/mol. The standard InChI is InChI=1S/C18H26N4O4/c1-4-7-22-14-12(15(23)21-16(22)24)19-13(20-14)11-5-6-18(8-11)25-9-17(2,3)10-26-18/h11H,4-10H2,1-3H3,(H,19,20)(H,21,23,24). The van der Waals surface area contributed by atoms with Crippen LogP contribution in [-0.2, 0) is 16.0 Å². The first-order valence-electron chi connectivity index (χ1n) is 9.33. The molecule has 8 heteroatoms. The van der Waals surface area contributed by atoms with Gasteiger partial charge in [-0.3, -0.25) is 14.3 Å². The third-order valence-electron chi connectivity index (χ3n) is 5.37. The minimum Gasteiger partial charge on any atom is -0.349 e. The molecule has 1 saturated heterocycles. The number of ether oxygens (including phenoxy) is 2. The van der Waals surface area contributed by atoms with Gasteiger partial charge in [-0.25, -0.2) is 9.78 Å². The summed E-state index contributed by atoms with van der Waals surface area (Å²) in [6.07, 6.45) is 3.17. The van der Waals surface area contributed by atoms with Crippen LogP contribution >= 0.6 is 0 Å². The average Bonchev–Trinajstić information content (AvgIpc) is 3.20. The van der Waals surface area contributed by atoms with E-state index in [1.54, 1.807) is 0 Å². The molecular formula is C18H26N4O4. The van der Waals surface area contributed by atoms with Gasteiger partial charge >= 0.3 is 5.69 Å². The van der Waals surface area contributed by atoms with Crippen molar-refractivity contribution in [1.82, 2.24) is 19.5 Å². The highest BCUT2D eigenvalue weighted by Crippen LogP contribution is 2.46. The Kier molecular flexibility index (Phi) is 4.07. The van der Waals surface area contributed by atoms with Crippen molar-refractivity contribution < 1.29 is 9.47 Å². The Hall–Kier alpha value is -1.93. The second kappa shape index (κ2) is 6.06. The number of aromatic amines is 2. The molecule has 1 unspecified atom stereocenters. The maximum atomic E-state index is 12.2. The molecule has 0 amide bonds. The third kappa shape index (κ3) is 2.91. The number of nitrogens with zero attached hydrogens (tertiary/aromatic N) is 2. The van der Waals surface area contributed by atoms with Crippen LogP contribution in [0.1, 0.15) is 58.2 Å². The highest BCUT2D eigenvalue weighted by molar-refractivity contribution is 5.69. The Balaban J connectivity index is 1.64. The molecule has 0 radical (unpaired) electrons. The van der Waals surface area contributed by atoms with Gasteiger partial charge in [0.25, 0.3) is 5.56 Å². The van der Waals surface area contributed by atoms with Crippen molar-refractivity contribution in [2.75, 3.05) is 13.2 Å². The molecule has 1 spiro atoms. The predicted octanol–water partition coefficient (Wildman–Crippen LogP) is 1.86. The Morgan fingerprint density at radius 3 is 2.65 bits per heavy atom. The van der Waals surface area contributed by atoms with Crippen LogP contribution in [0.25, 0.3) is 11.2 Å². The lowest BCUT2D eigenvalue weighted by molar-refractivity contribution is -0.295.